The third-order valence-electron chi connectivity index (χ3n) is 5.50. The summed E-state index contributed by atoms with van der Waals surface area (Å²) in [4.78, 5) is 22.6. The van der Waals surface area contributed by atoms with Crippen LogP contribution in [0.4, 0.5) is 17.1 Å². The molecular weight excluding hydrogens is 464 g/mol. The second kappa shape index (κ2) is 10.4. The van der Waals surface area contributed by atoms with Gasteiger partial charge in [-0.2, -0.15) is 5.10 Å². The van der Waals surface area contributed by atoms with Gasteiger partial charge in [-0.3, -0.25) is 15.1 Å². The maximum absolute atomic E-state index is 11.3. The summed E-state index contributed by atoms with van der Waals surface area (Å²) in [5, 5.41) is 17.9. The molecule has 0 N–H and O–H groups in total. The Labute approximate surface area is 205 Å². The fourth-order valence-electron chi connectivity index (χ4n) is 3.71. The summed E-state index contributed by atoms with van der Waals surface area (Å²) in [5.41, 5.74) is 4.19. The molecule has 9 nitrogen and oxygen atoms in total. The summed E-state index contributed by atoms with van der Waals surface area (Å²) < 4.78 is 7.13. The summed E-state index contributed by atoms with van der Waals surface area (Å²) in [6.07, 6.45) is 5.12. The molecule has 0 spiro atoms. The number of ether oxygens (including phenoxy) is 1. The summed E-state index contributed by atoms with van der Waals surface area (Å²) in [7, 11) is 0. The second-order valence-corrected chi connectivity index (χ2v) is 8.62. The summed E-state index contributed by atoms with van der Waals surface area (Å²) in [5.74, 6) is 0. The van der Waals surface area contributed by atoms with Gasteiger partial charge in [0.05, 0.1) is 41.9 Å². The van der Waals surface area contributed by atoms with Gasteiger partial charge in [0.2, 0.25) is 4.80 Å². The van der Waals surface area contributed by atoms with Gasteiger partial charge < -0.3 is 9.64 Å². The van der Waals surface area contributed by atoms with Crippen LogP contribution in [-0.2, 0) is 4.74 Å². The van der Waals surface area contributed by atoms with E-state index in [0.717, 1.165) is 37.6 Å². The van der Waals surface area contributed by atoms with Crippen molar-refractivity contribution in [2.75, 3.05) is 31.2 Å². The third kappa shape index (κ3) is 5.34. The molecule has 0 radical (unpaired) electrons. The number of nitrogens with zero attached hydrogens (tertiary/aromatic N) is 6. The molecule has 1 saturated heterocycles. The maximum Gasteiger partial charge on any atom is 0.270 e. The van der Waals surface area contributed by atoms with Crippen molar-refractivity contribution in [3.05, 3.63) is 98.9 Å². The first-order chi connectivity index (χ1) is 17.2. The van der Waals surface area contributed by atoms with Crippen LogP contribution in [0.2, 0.25) is 0 Å². The van der Waals surface area contributed by atoms with E-state index in [9.17, 15) is 10.1 Å². The van der Waals surface area contributed by atoms with Crippen molar-refractivity contribution in [3.63, 3.8) is 0 Å². The standard InChI is InChI=1S/C25H22N6O3S/c32-31(33)23-5-1-3-20(15-23)24-18-35-25(28-21-4-2-10-26-17-21)30(24)27-16-19-6-8-22(9-7-19)29-11-13-34-14-12-29/h1-10,15-18H,11-14H2. The Kier molecular flexibility index (Phi) is 6.73. The molecule has 0 aliphatic carbocycles. The minimum atomic E-state index is -0.402. The van der Waals surface area contributed by atoms with Gasteiger partial charge in [-0.05, 0) is 29.8 Å². The summed E-state index contributed by atoms with van der Waals surface area (Å²) in [6, 6.07) is 18.4. The highest BCUT2D eigenvalue weighted by atomic mass is 32.1. The minimum absolute atomic E-state index is 0.0219. The predicted molar refractivity (Wildman–Crippen MR) is 136 cm³/mol. The lowest BCUT2D eigenvalue weighted by Crippen LogP contribution is -2.36. The normalized spacial score (nSPS) is 14.5. The number of thiazole rings is 1. The number of benzene rings is 2. The lowest BCUT2D eigenvalue weighted by atomic mass is 10.1. The molecule has 2 aromatic carbocycles. The van der Waals surface area contributed by atoms with Gasteiger partial charge in [0.25, 0.3) is 5.69 Å². The van der Waals surface area contributed by atoms with Crippen LogP contribution in [0.15, 0.2) is 88.5 Å². The van der Waals surface area contributed by atoms with Crippen LogP contribution in [0.25, 0.3) is 11.3 Å². The Hall–Kier alpha value is -4.15. The number of nitro benzene ring substituents is 1. The average molecular weight is 487 g/mol. The minimum Gasteiger partial charge on any atom is -0.378 e. The van der Waals surface area contributed by atoms with E-state index in [1.54, 1.807) is 35.4 Å². The summed E-state index contributed by atoms with van der Waals surface area (Å²) >= 11 is 1.40. The fourth-order valence-corrected chi connectivity index (χ4v) is 4.57. The highest BCUT2D eigenvalue weighted by Crippen LogP contribution is 2.25. The van der Waals surface area contributed by atoms with Crippen molar-refractivity contribution < 1.29 is 9.66 Å². The smallest absolute Gasteiger partial charge is 0.270 e. The number of rotatable bonds is 6. The van der Waals surface area contributed by atoms with Crippen LogP contribution < -0.4 is 9.70 Å². The van der Waals surface area contributed by atoms with Gasteiger partial charge >= 0.3 is 0 Å². The van der Waals surface area contributed by atoms with Crippen molar-refractivity contribution in [3.8, 4) is 11.3 Å². The number of morpholine rings is 1. The Morgan fingerprint density at radius 3 is 2.66 bits per heavy atom. The van der Waals surface area contributed by atoms with Gasteiger partial charge in [0.15, 0.2) is 0 Å². The van der Waals surface area contributed by atoms with E-state index in [2.05, 4.69) is 27.0 Å². The fraction of sp³-hybridized carbons (Fsp3) is 0.160. The van der Waals surface area contributed by atoms with E-state index in [4.69, 9.17) is 9.84 Å². The number of non-ortho nitro benzene ring substituents is 1. The number of aromatic nitrogens is 2. The van der Waals surface area contributed by atoms with Crippen LogP contribution >= 0.6 is 11.3 Å². The molecule has 0 bridgehead atoms. The highest BCUT2D eigenvalue weighted by molar-refractivity contribution is 7.07. The zero-order chi connectivity index (χ0) is 24.0. The molecule has 0 amide bonds. The average Bonchev–Trinajstić information content (AvgIpc) is 3.31. The molecule has 0 unspecified atom stereocenters. The van der Waals surface area contributed by atoms with Gasteiger partial charge in [-0.25, -0.2) is 9.67 Å². The second-order valence-electron chi connectivity index (χ2n) is 7.78. The predicted octanol–water partition coefficient (Wildman–Crippen LogP) is 4.47. The van der Waals surface area contributed by atoms with Crippen molar-refractivity contribution in [2.45, 2.75) is 0 Å². The maximum atomic E-state index is 11.3. The van der Waals surface area contributed by atoms with Crippen molar-refractivity contribution in [1.29, 1.82) is 0 Å². The number of anilines is 1. The molecule has 176 valence electrons. The van der Waals surface area contributed by atoms with E-state index in [1.165, 1.54) is 17.4 Å². The van der Waals surface area contributed by atoms with E-state index in [0.29, 0.717) is 21.7 Å². The van der Waals surface area contributed by atoms with Gasteiger partial charge in [0.1, 0.15) is 0 Å². The van der Waals surface area contributed by atoms with Crippen LogP contribution in [0, 0.1) is 10.1 Å². The summed E-state index contributed by atoms with van der Waals surface area (Å²) in [6.45, 7) is 3.23. The number of pyridine rings is 1. The van der Waals surface area contributed by atoms with Crippen molar-refractivity contribution in [1.82, 2.24) is 9.66 Å². The lowest BCUT2D eigenvalue weighted by Gasteiger charge is -2.28. The van der Waals surface area contributed by atoms with E-state index in [1.807, 2.05) is 35.7 Å². The molecule has 1 aliphatic heterocycles. The molecular formula is C25H22N6O3S. The number of nitro groups is 1. The molecule has 35 heavy (non-hydrogen) atoms. The van der Waals surface area contributed by atoms with Crippen LogP contribution in [0.5, 0.6) is 0 Å². The van der Waals surface area contributed by atoms with E-state index in [-0.39, 0.29) is 5.69 Å². The van der Waals surface area contributed by atoms with Gasteiger partial charge in [-0.15, -0.1) is 11.3 Å². The Morgan fingerprint density at radius 2 is 1.91 bits per heavy atom. The third-order valence-corrected chi connectivity index (χ3v) is 6.32. The topological polar surface area (TPSA) is 98.1 Å². The Bertz CT molecular complexity index is 1410. The molecule has 5 rings (SSSR count). The first kappa shape index (κ1) is 22.6. The molecule has 2 aromatic heterocycles. The lowest BCUT2D eigenvalue weighted by molar-refractivity contribution is -0.384. The largest absolute Gasteiger partial charge is 0.378 e. The zero-order valence-electron chi connectivity index (χ0n) is 18.7. The molecule has 0 saturated carbocycles. The van der Waals surface area contributed by atoms with Gasteiger partial charge in [0, 0.05) is 48.0 Å². The van der Waals surface area contributed by atoms with Crippen molar-refractivity contribution in [2.24, 2.45) is 10.1 Å². The van der Waals surface area contributed by atoms with E-state index < -0.39 is 4.92 Å². The molecule has 1 fully saturated rings. The molecule has 10 heteroatoms. The highest BCUT2D eigenvalue weighted by Gasteiger charge is 2.13. The number of hydrogen-bond acceptors (Lipinski definition) is 8. The zero-order valence-corrected chi connectivity index (χ0v) is 19.5. The first-order valence-corrected chi connectivity index (χ1v) is 11.9. The molecule has 3 heterocycles. The monoisotopic (exact) mass is 486 g/mol. The van der Waals surface area contributed by atoms with E-state index >= 15 is 0 Å². The van der Waals surface area contributed by atoms with Crippen molar-refractivity contribution >= 4 is 34.6 Å². The quantitative estimate of drug-likeness (QED) is 0.228. The van der Waals surface area contributed by atoms with Crippen LogP contribution in [-0.4, -0.2) is 47.1 Å². The molecule has 4 aromatic rings. The number of hydrogen-bond donors (Lipinski definition) is 0. The van der Waals surface area contributed by atoms with Gasteiger partial charge in [-0.1, -0.05) is 24.3 Å². The first-order valence-electron chi connectivity index (χ1n) is 11.0. The SMILES string of the molecule is O=[N+]([O-])c1cccc(-c2csc(=Nc3cccnc3)n2N=Cc2ccc(N3CCOCC3)cc2)c1. The van der Waals surface area contributed by atoms with Crippen LogP contribution in [0.1, 0.15) is 5.56 Å². The molecule has 0 atom stereocenters. The Balaban J connectivity index is 1.51. The molecule has 1 aliphatic rings. The van der Waals surface area contributed by atoms with Crippen LogP contribution in [0.3, 0.4) is 0 Å². The Morgan fingerprint density at radius 1 is 1.09 bits per heavy atom.